The molecule has 16 heavy (non-hydrogen) atoms. The smallest absolute Gasteiger partial charge is 0.321 e. The minimum absolute atomic E-state index is 0.123. The molecule has 92 valence electrons. The predicted molar refractivity (Wildman–Crippen MR) is 60.1 cm³/mol. The van der Waals surface area contributed by atoms with Crippen LogP contribution in [0.3, 0.4) is 0 Å². The first kappa shape index (κ1) is 14.6. The Kier molecular flexibility index (Phi) is 5.74. The quantitative estimate of drug-likeness (QED) is 0.524. The maximum absolute atomic E-state index is 11.3. The second-order valence-electron chi connectivity index (χ2n) is 4.38. The van der Waals surface area contributed by atoms with E-state index in [-0.39, 0.29) is 13.0 Å². The first-order valence-electron chi connectivity index (χ1n) is 5.05. The third-order valence-electron chi connectivity index (χ3n) is 1.61. The Labute approximate surface area is 95.5 Å². The predicted octanol–water partition coefficient (Wildman–Crippen LogP) is 0.947. The highest BCUT2D eigenvalue weighted by atomic mass is 16.6. The second-order valence-corrected chi connectivity index (χ2v) is 4.38. The number of nitrogens with one attached hydrogen (secondary N) is 1. The summed E-state index contributed by atoms with van der Waals surface area (Å²) in [4.78, 5) is 22.0. The van der Waals surface area contributed by atoms with Crippen molar-refractivity contribution in [2.45, 2.75) is 38.8 Å². The fourth-order valence-corrected chi connectivity index (χ4v) is 1.02. The van der Waals surface area contributed by atoms with E-state index < -0.39 is 23.6 Å². The highest BCUT2D eigenvalue weighted by Crippen LogP contribution is 2.06. The van der Waals surface area contributed by atoms with Crippen LogP contribution in [0.25, 0.3) is 0 Å². The maximum atomic E-state index is 11.3. The van der Waals surface area contributed by atoms with E-state index in [1.54, 1.807) is 20.8 Å². The van der Waals surface area contributed by atoms with Gasteiger partial charge in [0.25, 0.3) is 0 Å². The summed E-state index contributed by atoms with van der Waals surface area (Å²) >= 11 is 0. The van der Waals surface area contributed by atoms with Crippen molar-refractivity contribution in [3.8, 4) is 0 Å². The zero-order valence-corrected chi connectivity index (χ0v) is 9.95. The summed E-state index contributed by atoms with van der Waals surface area (Å²) in [6, 6.07) is -0.801. The van der Waals surface area contributed by atoms with Crippen molar-refractivity contribution >= 4 is 11.9 Å². The SMILES string of the molecule is C=CC[C@H](NCC(=O)OC(C)(C)C)C(=O)O. The Bertz CT molecular complexity index is 268. The summed E-state index contributed by atoms with van der Waals surface area (Å²) in [5.41, 5.74) is -0.560. The third-order valence-corrected chi connectivity index (χ3v) is 1.61. The number of aliphatic carboxylic acids is 1. The van der Waals surface area contributed by atoms with Gasteiger partial charge in [0.1, 0.15) is 11.6 Å². The minimum atomic E-state index is -1.01. The van der Waals surface area contributed by atoms with E-state index in [4.69, 9.17) is 9.84 Å². The monoisotopic (exact) mass is 229 g/mol. The van der Waals surface area contributed by atoms with E-state index >= 15 is 0 Å². The lowest BCUT2D eigenvalue weighted by molar-refractivity contribution is -0.154. The van der Waals surface area contributed by atoms with Crippen molar-refractivity contribution < 1.29 is 19.4 Å². The highest BCUT2D eigenvalue weighted by molar-refractivity contribution is 5.76. The maximum Gasteiger partial charge on any atom is 0.321 e. The van der Waals surface area contributed by atoms with Crippen LogP contribution < -0.4 is 5.32 Å². The Morgan fingerprint density at radius 3 is 2.44 bits per heavy atom. The Hall–Kier alpha value is -1.36. The van der Waals surface area contributed by atoms with E-state index in [2.05, 4.69) is 11.9 Å². The van der Waals surface area contributed by atoms with Crippen molar-refractivity contribution in [3.05, 3.63) is 12.7 Å². The van der Waals surface area contributed by atoms with Gasteiger partial charge >= 0.3 is 11.9 Å². The molecule has 0 bridgehead atoms. The van der Waals surface area contributed by atoms with Crippen molar-refractivity contribution in [1.82, 2.24) is 5.32 Å². The number of hydrogen-bond donors (Lipinski definition) is 2. The average molecular weight is 229 g/mol. The molecular weight excluding hydrogens is 210 g/mol. The molecule has 0 aromatic carbocycles. The average Bonchev–Trinajstić information content (AvgIpc) is 2.08. The van der Waals surface area contributed by atoms with Gasteiger partial charge in [0.05, 0.1) is 6.54 Å². The summed E-state index contributed by atoms with van der Waals surface area (Å²) < 4.78 is 5.03. The van der Waals surface area contributed by atoms with Crippen molar-refractivity contribution in [2.24, 2.45) is 0 Å². The number of carbonyl (C=O) groups is 2. The summed E-state index contributed by atoms with van der Waals surface area (Å²) in [6.45, 7) is 8.59. The summed E-state index contributed by atoms with van der Waals surface area (Å²) in [5, 5.41) is 11.4. The molecule has 0 saturated heterocycles. The number of rotatable bonds is 6. The zero-order chi connectivity index (χ0) is 12.8. The molecule has 0 heterocycles. The van der Waals surface area contributed by atoms with E-state index in [9.17, 15) is 9.59 Å². The van der Waals surface area contributed by atoms with Crippen LogP contribution >= 0.6 is 0 Å². The van der Waals surface area contributed by atoms with Crippen molar-refractivity contribution in [2.75, 3.05) is 6.54 Å². The van der Waals surface area contributed by atoms with Crippen LogP contribution in [0.5, 0.6) is 0 Å². The summed E-state index contributed by atoms with van der Waals surface area (Å²) in [7, 11) is 0. The molecule has 0 aliphatic heterocycles. The molecule has 0 aromatic rings. The van der Waals surface area contributed by atoms with Crippen LogP contribution in [-0.4, -0.2) is 35.2 Å². The number of hydrogen-bond acceptors (Lipinski definition) is 4. The fourth-order valence-electron chi connectivity index (χ4n) is 1.02. The van der Waals surface area contributed by atoms with Gasteiger partial charge in [-0.15, -0.1) is 6.58 Å². The van der Waals surface area contributed by atoms with Gasteiger partial charge in [-0.3, -0.25) is 14.9 Å². The molecule has 5 heteroatoms. The first-order chi connectivity index (χ1) is 7.26. The number of carboxylic acids is 1. The molecule has 0 unspecified atom stereocenters. The third kappa shape index (κ3) is 7.00. The fraction of sp³-hybridized carbons (Fsp3) is 0.636. The van der Waals surface area contributed by atoms with Gasteiger partial charge in [0.15, 0.2) is 0 Å². The van der Waals surface area contributed by atoms with E-state index in [1.165, 1.54) is 6.08 Å². The molecule has 5 nitrogen and oxygen atoms in total. The normalized spacial score (nSPS) is 12.9. The molecule has 0 aliphatic rings. The van der Waals surface area contributed by atoms with Crippen LogP contribution in [0, 0.1) is 0 Å². The molecule has 1 atom stereocenters. The van der Waals surface area contributed by atoms with Gasteiger partial charge in [-0.2, -0.15) is 0 Å². The Morgan fingerprint density at radius 1 is 1.50 bits per heavy atom. The van der Waals surface area contributed by atoms with Gasteiger partial charge < -0.3 is 9.84 Å². The molecule has 0 spiro atoms. The van der Waals surface area contributed by atoms with E-state index in [1.807, 2.05) is 0 Å². The first-order valence-corrected chi connectivity index (χ1v) is 5.05. The Balaban J connectivity index is 4.06. The number of carbonyl (C=O) groups excluding carboxylic acids is 1. The molecule has 0 amide bonds. The van der Waals surface area contributed by atoms with Crippen molar-refractivity contribution in [3.63, 3.8) is 0 Å². The van der Waals surface area contributed by atoms with Gasteiger partial charge in [-0.25, -0.2) is 0 Å². The van der Waals surface area contributed by atoms with Crippen LogP contribution in [-0.2, 0) is 14.3 Å². The number of carboxylic acid groups (broad SMARTS) is 1. The minimum Gasteiger partial charge on any atom is -0.480 e. The zero-order valence-electron chi connectivity index (χ0n) is 9.95. The van der Waals surface area contributed by atoms with Gasteiger partial charge in [0.2, 0.25) is 0 Å². The van der Waals surface area contributed by atoms with E-state index in [0.717, 1.165) is 0 Å². The summed E-state index contributed by atoms with van der Waals surface area (Å²) in [6.07, 6.45) is 1.75. The molecule has 0 aliphatic carbocycles. The van der Waals surface area contributed by atoms with Gasteiger partial charge in [-0.1, -0.05) is 6.08 Å². The van der Waals surface area contributed by atoms with Crippen LogP contribution in [0.1, 0.15) is 27.2 Å². The lowest BCUT2D eigenvalue weighted by atomic mass is 10.2. The van der Waals surface area contributed by atoms with Crippen LogP contribution in [0.15, 0.2) is 12.7 Å². The van der Waals surface area contributed by atoms with E-state index in [0.29, 0.717) is 0 Å². The molecule has 0 fully saturated rings. The lowest BCUT2D eigenvalue weighted by Gasteiger charge is -2.20. The van der Waals surface area contributed by atoms with Crippen molar-refractivity contribution in [1.29, 1.82) is 0 Å². The van der Waals surface area contributed by atoms with Gasteiger partial charge in [0, 0.05) is 0 Å². The standard InChI is InChI=1S/C11H19NO4/c1-5-6-8(10(14)15)12-7-9(13)16-11(2,3)4/h5,8,12H,1,6-7H2,2-4H3,(H,14,15)/t8-/m0/s1. The molecule has 0 rings (SSSR count). The largest absolute Gasteiger partial charge is 0.480 e. The number of ether oxygens (including phenoxy) is 1. The van der Waals surface area contributed by atoms with Crippen LogP contribution in [0.2, 0.25) is 0 Å². The lowest BCUT2D eigenvalue weighted by Crippen LogP contribution is -2.41. The second kappa shape index (κ2) is 6.27. The molecule has 0 aromatic heterocycles. The molecule has 0 radical (unpaired) electrons. The highest BCUT2D eigenvalue weighted by Gasteiger charge is 2.19. The van der Waals surface area contributed by atoms with Gasteiger partial charge in [-0.05, 0) is 27.2 Å². The Morgan fingerprint density at radius 2 is 2.06 bits per heavy atom. The molecular formula is C11H19NO4. The molecule has 0 saturated carbocycles. The molecule has 2 N–H and O–H groups in total. The topological polar surface area (TPSA) is 75.6 Å². The number of esters is 1. The summed E-state index contributed by atoms with van der Waals surface area (Å²) in [5.74, 6) is -1.48. The van der Waals surface area contributed by atoms with Crippen LogP contribution in [0.4, 0.5) is 0 Å².